The smallest absolute Gasteiger partial charge is 0.0888 e. The van der Waals surface area contributed by atoms with Crippen molar-refractivity contribution in [2.75, 3.05) is 13.2 Å². The summed E-state index contributed by atoms with van der Waals surface area (Å²) < 4.78 is 5.69. The molecular formula is C14H20O2. The lowest BCUT2D eigenvalue weighted by atomic mass is 9.92. The molecule has 0 unspecified atom stereocenters. The quantitative estimate of drug-likeness (QED) is 0.747. The van der Waals surface area contributed by atoms with Gasteiger partial charge in [0.1, 0.15) is 0 Å². The van der Waals surface area contributed by atoms with E-state index in [-0.39, 0.29) is 18.6 Å². The Kier molecular flexibility index (Phi) is 5.23. The van der Waals surface area contributed by atoms with E-state index < -0.39 is 0 Å². The van der Waals surface area contributed by atoms with Crippen molar-refractivity contribution in [3.63, 3.8) is 0 Å². The highest BCUT2D eigenvalue weighted by Gasteiger charge is 2.20. The summed E-state index contributed by atoms with van der Waals surface area (Å²) in [6, 6.07) is 10.1. The molecule has 0 saturated carbocycles. The number of ether oxygens (including phenoxy) is 1. The van der Waals surface area contributed by atoms with Gasteiger partial charge in [0.15, 0.2) is 0 Å². The van der Waals surface area contributed by atoms with Gasteiger partial charge in [-0.05, 0) is 12.5 Å². The van der Waals surface area contributed by atoms with Crippen LogP contribution in [0.15, 0.2) is 42.5 Å². The van der Waals surface area contributed by atoms with E-state index in [0.717, 1.165) is 11.1 Å². The molecule has 2 nitrogen and oxygen atoms in total. The first-order valence-corrected chi connectivity index (χ1v) is 5.59. The van der Waals surface area contributed by atoms with Gasteiger partial charge >= 0.3 is 0 Å². The van der Waals surface area contributed by atoms with Gasteiger partial charge in [-0.25, -0.2) is 0 Å². The van der Waals surface area contributed by atoms with E-state index in [1.807, 2.05) is 37.3 Å². The van der Waals surface area contributed by atoms with Gasteiger partial charge < -0.3 is 9.84 Å². The fourth-order valence-electron chi connectivity index (χ4n) is 1.61. The molecule has 0 heterocycles. The second-order valence-electron chi connectivity index (χ2n) is 4.06. The van der Waals surface area contributed by atoms with Crippen LogP contribution in [0.1, 0.15) is 25.5 Å². The van der Waals surface area contributed by atoms with Crippen molar-refractivity contribution >= 4 is 0 Å². The Bertz CT molecular complexity index is 319. The molecule has 0 radical (unpaired) electrons. The number of aliphatic hydroxyl groups excluding tert-OH is 1. The first kappa shape index (κ1) is 12.9. The standard InChI is InChI=1S/C14H20O2/c1-11(2)12(3)14(16-10-9-15)13-7-5-4-6-8-13/h4-8,12,14-15H,1,9-10H2,2-3H3/t12-,14+/m0/s1. The molecule has 88 valence electrons. The lowest BCUT2D eigenvalue weighted by Gasteiger charge is -2.25. The highest BCUT2D eigenvalue weighted by Crippen LogP contribution is 2.29. The van der Waals surface area contributed by atoms with E-state index in [1.54, 1.807) is 0 Å². The minimum absolute atomic E-state index is 0.0224. The zero-order chi connectivity index (χ0) is 12.0. The van der Waals surface area contributed by atoms with Gasteiger partial charge in [0.2, 0.25) is 0 Å². The van der Waals surface area contributed by atoms with Crippen LogP contribution >= 0.6 is 0 Å². The van der Waals surface area contributed by atoms with E-state index in [9.17, 15) is 0 Å². The van der Waals surface area contributed by atoms with E-state index in [1.165, 1.54) is 0 Å². The number of hydrogen-bond donors (Lipinski definition) is 1. The van der Waals surface area contributed by atoms with Crippen molar-refractivity contribution < 1.29 is 9.84 Å². The van der Waals surface area contributed by atoms with Crippen molar-refractivity contribution in [1.29, 1.82) is 0 Å². The fourth-order valence-corrected chi connectivity index (χ4v) is 1.61. The molecule has 0 aliphatic rings. The van der Waals surface area contributed by atoms with Crippen molar-refractivity contribution in [3.05, 3.63) is 48.0 Å². The summed E-state index contributed by atoms with van der Waals surface area (Å²) in [5.41, 5.74) is 2.22. The number of hydrogen-bond acceptors (Lipinski definition) is 2. The van der Waals surface area contributed by atoms with Crippen LogP contribution in [0.4, 0.5) is 0 Å². The third-order valence-corrected chi connectivity index (χ3v) is 2.75. The molecule has 16 heavy (non-hydrogen) atoms. The Balaban J connectivity index is 2.83. The second kappa shape index (κ2) is 6.46. The van der Waals surface area contributed by atoms with E-state index >= 15 is 0 Å². The van der Waals surface area contributed by atoms with Gasteiger partial charge in [-0.1, -0.05) is 49.4 Å². The molecule has 0 spiro atoms. The Hall–Kier alpha value is -1.12. The first-order valence-electron chi connectivity index (χ1n) is 5.59. The van der Waals surface area contributed by atoms with Crippen LogP contribution < -0.4 is 0 Å². The molecule has 1 aromatic rings. The summed E-state index contributed by atoms with van der Waals surface area (Å²) in [5.74, 6) is 0.244. The van der Waals surface area contributed by atoms with Crippen molar-refractivity contribution in [1.82, 2.24) is 0 Å². The van der Waals surface area contributed by atoms with Crippen molar-refractivity contribution in [3.8, 4) is 0 Å². The predicted octanol–water partition coefficient (Wildman–Crippen LogP) is 2.95. The number of aliphatic hydroxyl groups is 1. The minimum atomic E-state index is -0.0224. The zero-order valence-corrected chi connectivity index (χ0v) is 10.0. The molecule has 0 aromatic heterocycles. The van der Waals surface area contributed by atoms with Crippen LogP contribution in [0.2, 0.25) is 0 Å². The van der Waals surface area contributed by atoms with Crippen LogP contribution in [0.3, 0.4) is 0 Å². The largest absolute Gasteiger partial charge is 0.394 e. The molecular weight excluding hydrogens is 200 g/mol. The predicted molar refractivity (Wildman–Crippen MR) is 66.2 cm³/mol. The van der Waals surface area contributed by atoms with Crippen LogP contribution in [-0.2, 0) is 4.74 Å². The fraction of sp³-hybridized carbons (Fsp3) is 0.429. The zero-order valence-electron chi connectivity index (χ0n) is 10.0. The SMILES string of the molecule is C=C(C)[C@H](C)[C@@H](OCCO)c1ccccc1. The molecule has 0 bridgehead atoms. The molecule has 0 fully saturated rings. The maximum atomic E-state index is 8.84. The number of benzene rings is 1. The molecule has 1 rings (SSSR count). The second-order valence-corrected chi connectivity index (χ2v) is 4.06. The Morgan fingerprint density at radius 2 is 2.00 bits per heavy atom. The topological polar surface area (TPSA) is 29.5 Å². The van der Waals surface area contributed by atoms with Crippen molar-refractivity contribution in [2.24, 2.45) is 5.92 Å². The van der Waals surface area contributed by atoms with Gasteiger partial charge in [-0.3, -0.25) is 0 Å². The summed E-state index contributed by atoms with van der Waals surface area (Å²) >= 11 is 0. The summed E-state index contributed by atoms with van der Waals surface area (Å²) in [6.45, 7) is 8.47. The number of rotatable bonds is 6. The highest BCUT2D eigenvalue weighted by atomic mass is 16.5. The van der Waals surface area contributed by atoms with Gasteiger partial charge in [0.25, 0.3) is 0 Å². The molecule has 2 atom stereocenters. The summed E-state index contributed by atoms with van der Waals surface area (Å²) in [4.78, 5) is 0. The van der Waals surface area contributed by atoms with Gasteiger partial charge in [0.05, 0.1) is 19.3 Å². The summed E-state index contributed by atoms with van der Waals surface area (Å²) in [6.07, 6.45) is -0.0224. The Labute approximate surface area is 97.6 Å². The lowest BCUT2D eigenvalue weighted by Crippen LogP contribution is -2.16. The van der Waals surface area contributed by atoms with Crippen molar-refractivity contribution in [2.45, 2.75) is 20.0 Å². The molecule has 1 aromatic carbocycles. The minimum Gasteiger partial charge on any atom is -0.394 e. The first-order chi connectivity index (χ1) is 7.66. The molecule has 0 amide bonds. The highest BCUT2D eigenvalue weighted by molar-refractivity contribution is 5.20. The monoisotopic (exact) mass is 220 g/mol. The van der Waals surface area contributed by atoms with Gasteiger partial charge in [-0.2, -0.15) is 0 Å². The van der Waals surface area contributed by atoms with Gasteiger partial charge in [0, 0.05) is 5.92 Å². The maximum Gasteiger partial charge on any atom is 0.0888 e. The average molecular weight is 220 g/mol. The van der Waals surface area contributed by atoms with E-state index in [0.29, 0.717) is 6.61 Å². The lowest BCUT2D eigenvalue weighted by molar-refractivity contribution is 0.00575. The average Bonchev–Trinajstić information content (AvgIpc) is 2.30. The van der Waals surface area contributed by atoms with Crippen LogP contribution in [0, 0.1) is 5.92 Å². The summed E-state index contributed by atoms with van der Waals surface area (Å²) in [5, 5.41) is 8.84. The molecule has 0 aliphatic carbocycles. The maximum absolute atomic E-state index is 8.84. The van der Waals surface area contributed by atoms with Gasteiger partial charge in [-0.15, -0.1) is 0 Å². The Morgan fingerprint density at radius 1 is 1.38 bits per heavy atom. The normalized spacial score (nSPS) is 14.4. The van der Waals surface area contributed by atoms with Crippen LogP contribution in [-0.4, -0.2) is 18.3 Å². The molecule has 1 N–H and O–H groups in total. The third-order valence-electron chi connectivity index (χ3n) is 2.75. The molecule has 0 saturated heterocycles. The van der Waals surface area contributed by atoms with E-state index in [4.69, 9.17) is 9.84 Å². The van der Waals surface area contributed by atoms with E-state index in [2.05, 4.69) is 13.5 Å². The third kappa shape index (κ3) is 3.47. The summed E-state index contributed by atoms with van der Waals surface area (Å²) in [7, 11) is 0. The van der Waals surface area contributed by atoms with Crippen LogP contribution in [0.5, 0.6) is 0 Å². The Morgan fingerprint density at radius 3 is 2.50 bits per heavy atom. The molecule has 0 aliphatic heterocycles. The molecule has 2 heteroatoms. The van der Waals surface area contributed by atoms with Crippen LogP contribution in [0.25, 0.3) is 0 Å².